The summed E-state index contributed by atoms with van der Waals surface area (Å²) in [4.78, 5) is 4.25. The molecule has 0 saturated carbocycles. The van der Waals surface area contributed by atoms with E-state index in [1.807, 2.05) is 13.1 Å². The van der Waals surface area contributed by atoms with Crippen LogP contribution in [0.15, 0.2) is 12.3 Å². The third-order valence-corrected chi connectivity index (χ3v) is 2.01. The Morgan fingerprint density at radius 3 is 2.58 bits per heavy atom. The number of nitrogens with zero attached hydrogens (tertiary/aromatic N) is 1. The van der Waals surface area contributed by atoms with Gasteiger partial charge in [-0.25, -0.2) is 0 Å². The fourth-order valence-corrected chi connectivity index (χ4v) is 1.39. The van der Waals surface area contributed by atoms with Gasteiger partial charge in [0.05, 0.1) is 22.6 Å². The summed E-state index contributed by atoms with van der Waals surface area (Å²) in [5, 5.41) is 3.72. The lowest BCUT2D eigenvalue weighted by molar-refractivity contribution is 0.823. The van der Waals surface area contributed by atoms with Crippen molar-refractivity contribution in [2.24, 2.45) is 0 Å². The molecule has 0 aliphatic rings. The Labute approximate surface area is 78.0 Å². The molecule has 0 aromatic carbocycles. The number of pyridine rings is 1. The molecule has 0 fully saturated rings. The van der Waals surface area contributed by atoms with Crippen molar-refractivity contribution in [2.75, 3.05) is 12.4 Å². The Morgan fingerprint density at radius 1 is 1.50 bits per heavy atom. The van der Waals surface area contributed by atoms with Crippen LogP contribution in [0.1, 0.15) is 25.5 Å². The zero-order chi connectivity index (χ0) is 9.14. The van der Waals surface area contributed by atoms with Gasteiger partial charge in [-0.15, -0.1) is 0 Å². The van der Waals surface area contributed by atoms with Gasteiger partial charge < -0.3 is 5.32 Å². The first kappa shape index (κ1) is 9.33. The van der Waals surface area contributed by atoms with Crippen LogP contribution >= 0.6 is 11.6 Å². The van der Waals surface area contributed by atoms with Crippen LogP contribution in [0.5, 0.6) is 0 Å². The maximum absolute atomic E-state index is 6.00. The number of hydrogen-bond acceptors (Lipinski definition) is 2. The predicted octanol–water partition coefficient (Wildman–Crippen LogP) is 2.90. The fraction of sp³-hybridized carbons (Fsp3) is 0.444. The van der Waals surface area contributed by atoms with Gasteiger partial charge in [0.25, 0.3) is 0 Å². The lowest BCUT2D eigenvalue weighted by Crippen LogP contribution is -1.96. The van der Waals surface area contributed by atoms with Gasteiger partial charge in [-0.1, -0.05) is 25.4 Å². The second kappa shape index (κ2) is 3.76. The fourth-order valence-electron chi connectivity index (χ4n) is 1.01. The Hall–Kier alpha value is -0.760. The summed E-state index contributed by atoms with van der Waals surface area (Å²) in [5.41, 5.74) is 1.90. The first-order valence-electron chi connectivity index (χ1n) is 3.98. The first-order valence-corrected chi connectivity index (χ1v) is 4.36. The summed E-state index contributed by atoms with van der Waals surface area (Å²) < 4.78 is 0. The van der Waals surface area contributed by atoms with E-state index in [1.165, 1.54) is 0 Å². The summed E-state index contributed by atoms with van der Waals surface area (Å²) in [6.45, 7) is 4.15. The van der Waals surface area contributed by atoms with Crippen LogP contribution in [-0.4, -0.2) is 12.0 Å². The molecule has 2 nitrogen and oxygen atoms in total. The molecule has 0 unspecified atom stereocenters. The molecular weight excluding hydrogens is 172 g/mol. The topological polar surface area (TPSA) is 24.9 Å². The number of halogens is 1. The van der Waals surface area contributed by atoms with Crippen LogP contribution in [0.2, 0.25) is 5.02 Å². The van der Waals surface area contributed by atoms with Crippen molar-refractivity contribution >= 4 is 17.3 Å². The average Bonchev–Trinajstić information content (AvgIpc) is 2.03. The van der Waals surface area contributed by atoms with Crippen molar-refractivity contribution in [1.29, 1.82) is 0 Å². The molecular formula is C9H13ClN2. The smallest absolute Gasteiger partial charge is 0.0644 e. The van der Waals surface area contributed by atoms with Gasteiger partial charge in [0.2, 0.25) is 0 Å². The molecule has 1 N–H and O–H groups in total. The van der Waals surface area contributed by atoms with Gasteiger partial charge in [0.15, 0.2) is 0 Å². The predicted molar refractivity (Wildman–Crippen MR) is 52.9 cm³/mol. The maximum atomic E-state index is 6.00. The van der Waals surface area contributed by atoms with Crippen molar-refractivity contribution in [3.05, 3.63) is 23.0 Å². The van der Waals surface area contributed by atoms with Crippen LogP contribution in [-0.2, 0) is 0 Å². The van der Waals surface area contributed by atoms with Crippen LogP contribution in [0.4, 0.5) is 5.69 Å². The number of rotatable bonds is 2. The van der Waals surface area contributed by atoms with Crippen LogP contribution in [0, 0.1) is 0 Å². The molecule has 0 radical (unpaired) electrons. The number of aromatic nitrogens is 1. The van der Waals surface area contributed by atoms with Crippen LogP contribution in [0.3, 0.4) is 0 Å². The van der Waals surface area contributed by atoms with Crippen molar-refractivity contribution < 1.29 is 0 Å². The summed E-state index contributed by atoms with van der Waals surface area (Å²) >= 11 is 6.00. The molecule has 1 aromatic heterocycles. The second-order valence-corrected chi connectivity index (χ2v) is 3.40. The average molecular weight is 185 g/mol. The Bertz CT molecular complexity index is 271. The summed E-state index contributed by atoms with van der Waals surface area (Å²) in [5.74, 6) is 0.378. The van der Waals surface area contributed by atoms with Crippen molar-refractivity contribution in [3.63, 3.8) is 0 Å². The third-order valence-electron chi connectivity index (χ3n) is 1.71. The Kier molecular flexibility index (Phi) is 2.93. The van der Waals surface area contributed by atoms with Crippen LogP contribution in [0.25, 0.3) is 0 Å². The molecule has 0 amide bonds. The minimum atomic E-state index is 0.378. The standard InChI is InChI=1S/C9H13ClN2/c1-6(2)9-8(10)4-7(11-3)5-12-9/h4-6,11H,1-3H3. The molecule has 1 aromatic rings. The zero-order valence-corrected chi connectivity index (χ0v) is 8.31. The summed E-state index contributed by atoms with van der Waals surface area (Å²) in [6, 6.07) is 1.89. The minimum absolute atomic E-state index is 0.378. The van der Waals surface area contributed by atoms with E-state index in [2.05, 4.69) is 24.1 Å². The molecule has 0 aliphatic heterocycles. The molecule has 0 atom stereocenters. The van der Waals surface area contributed by atoms with E-state index in [0.29, 0.717) is 5.92 Å². The highest BCUT2D eigenvalue weighted by Crippen LogP contribution is 2.23. The molecule has 1 heterocycles. The van der Waals surface area contributed by atoms with Crippen molar-refractivity contribution in [2.45, 2.75) is 19.8 Å². The largest absolute Gasteiger partial charge is 0.387 e. The van der Waals surface area contributed by atoms with E-state index in [1.54, 1.807) is 6.20 Å². The van der Waals surface area contributed by atoms with E-state index >= 15 is 0 Å². The van der Waals surface area contributed by atoms with E-state index in [4.69, 9.17) is 11.6 Å². The summed E-state index contributed by atoms with van der Waals surface area (Å²) in [6.07, 6.45) is 1.79. The molecule has 66 valence electrons. The van der Waals surface area contributed by atoms with Gasteiger partial charge in [0, 0.05) is 7.05 Å². The van der Waals surface area contributed by atoms with E-state index < -0.39 is 0 Å². The molecule has 0 saturated heterocycles. The number of anilines is 1. The van der Waals surface area contributed by atoms with Gasteiger partial charge in [0.1, 0.15) is 0 Å². The lowest BCUT2D eigenvalue weighted by Gasteiger charge is -2.07. The molecule has 1 rings (SSSR count). The molecule has 12 heavy (non-hydrogen) atoms. The Balaban J connectivity index is 3.03. The zero-order valence-electron chi connectivity index (χ0n) is 7.56. The van der Waals surface area contributed by atoms with Gasteiger partial charge >= 0.3 is 0 Å². The van der Waals surface area contributed by atoms with Crippen LogP contribution < -0.4 is 5.32 Å². The SMILES string of the molecule is CNc1cnc(C(C)C)c(Cl)c1. The highest BCUT2D eigenvalue weighted by atomic mass is 35.5. The molecule has 0 aliphatic carbocycles. The molecule has 3 heteroatoms. The minimum Gasteiger partial charge on any atom is -0.387 e. The van der Waals surface area contributed by atoms with Gasteiger partial charge in [-0.05, 0) is 12.0 Å². The monoisotopic (exact) mass is 184 g/mol. The van der Waals surface area contributed by atoms with Gasteiger partial charge in [-0.2, -0.15) is 0 Å². The van der Waals surface area contributed by atoms with E-state index in [0.717, 1.165) is 16.4 Å². The van der Waals surface area contributed by atoms with Crippen molar-refractivity contribution in [1.82, 2.24) is 4.98 Å². The first-order chi connectivity index (χ1) is 5.65. The Morgan fingerprint density at radius 2 is 2.17 bits per heavy atom. The number of hydrogen-bond donors (Lipinski definition) is 1. The molecule has 0 spiro atoms. The second-order valence-electron chi connectivity index (χ2n) is 3.00. The van der Waals surface area contributed by atoms with Gasteiger partial charge in [-0.3, -0.25) is 4.98 Å². The third kappa shape index (κ3) is 1.89. The maximum Gasteiger partial charge on any atom is 0.0644 e. The highest BCUT2D eigenvalue weighted by Gasteiger charge is 2.06. The van der Waals surface area contributed by atoms with E-state index in [-0.39, 0.29) is 0 Å². The highest BCUT2D eigenvalue weighted by molar-refractivity contribution is 6.31. The van der Waals surface area contributed by atoms with Crippen molar-refractivity contribution in [3.8, 4) is 0 Å². The molecule has 0 bridgehead atoms. The van der Waals surface area contributed by atoms with E-state index in [9.17, 15) is 0 Å². The number of nitrogens with one attached hydrogen (secondary N) is 1. The lowest BCUT2D eigenvalue weighted by atomic mass is 10.1. The normalized spacial score (nSPS) is 10.4. The summed E-state index contributed by atoms with van der Waals surface area (Å²) in [7, 11) is 1.85. The quantitative estimate of drug-likeness (QED) is 0.765.